The van der Waals surface area contributed by atoms with E-state index in [9.17, 15) is 8.42 Å². The summed E-state index contributed by atoms with van der Waals surface area (Å²) in [5, 5.41) is 18.0. The highest BCUT2D eigenvalue weighted by atomic mass is 32.2. The van der Waals surface area contributed by atoms with Crippen molar-refractivity contribution in [2.45, 2.75) is 17.7 Å². The standard InChI is InChI=1S/C9H13BN2O4S/c13-10(14)8-5-9(7-11-6-8)17(15,16)12-3-1-2-4-12/h5-7,13-14H,1-4H2. The predicted molar refractivity (Wildman–Crippen MR) is 62.1 cm³/mol. The average Bonchev–Trinajstić information content (AvgIpc) is 2.83. The van der Waals surface area contributed by atoms with Crippen molar-refractivity contribution in [2.24, 2.45) is 0 Å². The smallest absolute Gasteiger partial charge is 0.423 e. The van der Waals surface area contributed by atoms with Crippen LogP contribution in [0.5, 0.6) is 0 Å². The van der Waals surface area contributed by atoms with Crippen molar-refractivity contribution in [2.75, 3.05) is 13.1 Å². The Kier molecular flexibility index (Phi) is 3.48. The van der Waals surface area contributed by atoms with Gasteiger partial charge in [-0.2, -0.15) is 4.31 Å². The van der Waals surface area contributed by atoms with Gasteiger partial charge in [0.2, 0.25) is 10.0 Å². The van der Waals surface area contributed by atoms with Crippen molar-refractivity contribution in [1.82, 2.24) is 9.29 Å². The van der Waals surface area contributed by atoms with Gasteiger partial charge in [-0.25, -0.2) is 8.42 Å². The zero-order valence-corrected chi connectivity index (χ0v) is 9.97. The largest absolute Gasteiger partial charge is 0.490 e. The Hall–Kier alpha value is -0.955. The summed E-state index contributed by atoms with van der Waals surface area (Å²) < 4.78 is 25.7. The van der Waals surface area contributed by atoms with E-state index in [1.807, 2.05) is 0 Å². The molecule has 1 aromatic heterocycles. The molecule has 1 aliphatic rings. The summed E-state index contributed by atoms with van der Waals surface area (Å²) >= 11 is 0. The molecule has 0 radical (unpaired) electrons. The maximum atomic E-state index is 12.1. The Morgan fingerprint density at radius 3 is 2.47 bits per heavy atom. The second kappa shape index (κ2) is 4.73. The van der Waals surface area contributed by atoms with Crippen molar-refractivity contribution in [1.29, 1.82) is 0 Å². The molecule has 1 aromatic rings. The molecule has 1 fully saturated rings. The molecule has 0 spiro atoms. The molecule has 92 valence electrons. The second-order valence-corrected chi connectivity index (χ2v) is 5.88. The lowest BCUT2D eigenvalue weighted by molar-refractivity contribution is 0.425. The second-order valence-electron chi connectivity index (χ2n) is 3.94. The highest BCUT2D eigenvalue weighted by molar-refractivity contribution is 7.89. The van der Waals surface area contributed by atoms with Crippen LogP contribution in [0.15, 0.2) is 23.4 Å². The molecule has 0 amide bonds. The fraction of sp³-hybridized carbons (Fsp3) is 0.444. The van der Waals surface area contributed by atoms with Crippen molar-refractivity contribution < 1.29 is 18.5 Å². The third-order valence-electron chi connectivity index (χ3n) is 2.74. The van der Waals surface area contributed by atoms with Crippen molar-refractivity contribution >= 4 is 22.6 Å². The third-order valence-corrected chi connectivity index (χ3v) is 4.60. The molecule has 2 N–H and O–H groups in total. The van der Waals surface area contributed by atoms with Crippen LogP contribution in [0, 0.1) is 0 Å². The predicted octanol–water partition coefficient (Wildman–Crippen LogP) is -1.45. The van der Waals surface area contributed by atoms with Gasteiger partial charge in [0.05, 0.1) is 0 Å². The summed E-state index contributed by atoms with van der Waals surface area (Å²) in [6.45, 7) is 1.02. The van der Waals surface area contributed by atoms with E-state index in [0.717, 1.165) is 12.8 Å². The molecular weight excluding hydrogens is 243 g/mol. The molecule has 0 atom stereocenters. The third kappa shape index (κ3) is 2.49. The number of aromatic nitrogens is 1. The molecule has 2 rings (SSSR count). The van der Waals surface area contributed by atoms with E-state index in [1.165, 1.54) is 22.8 Å². The van der Waals surface area contributed by atoms with Crippen LogP contribution in [0.3, 0.4) is 0 Å². The molecule has 0 unspecified atom stereocenters. The summed E-state index contributed by atoms with van der Waals surface area (Å²) in [5.74, 6) is 0. The van der Waals surface area contributed by atoms with Crippen molar-refractivity contribution in [3.63, 3.8) is 0 Å². The Labute approximate surface area is 100 Å². The molecular formula is C9H13BN2O4S. The van der Waals surface area contributed by atoms with Crippen molar-refractivity contribution in [3.05, 3.63) is 18.5 Å². The van der Waals surface area contributed by atoms with Gasteiger partial charge in [-0.05, 0) is 18.9 Å². The Morgan fingerprint density at radius 1 is 1.24 bits per heavy atom. The minimum absolute atomic E-state index is 0.00463. The maximum Gasteiger partial charge on any atom is 0.490 e. The number of sulfonamides is 1. The highest BCUT2D eigenvalue weighted by Crippen LogP contribution is 2.19. The molecule has 0 bridgehead atoms. The van der Waals surface area contributed by atoms with E-state index < -0.39 is 17.1 Å². The monoisotopic (exact) mass is 256 g/mol. The van der Waals surface area contributed by atoms with Crippen LogP contribution < -0.4 is 5.46 Å². The van der Waals surface area contributed by atoms with Crippen LogP contribution in [-0.2, 0) is 10.0 Å². The summed E-state index contributed by atoms with van der Waals surface area (Å²) in [6, 6.07) is 1.24. The molecule has 2 heterocycles. The van der Waals surface area contributed by atoms with Gasteiger partial charge in [-0.1, -0.05) is 0 Å². The SMILES string of the molecule is O=S(=O)(c1cncc(B(O)O)c1)N1CCCC1. The zero-order valence-electron chi connectivity index (χ0n) is 9.15. The van der Waals surface area contributed by atoms with Gasteiger partial charge >= 0.3 is 7.12 Å². The highest BCUT2D eigenvalue weighted by Gasteiger charge is 2.28. The quantitative estimate of drug-likeness (QED) is 0.645. The van der Waals surface area contributed by atoms with E-state index in [1.54, 1.807) is 0 Å². The molecule has 0 saturated carbocycles. The van der Waals surface area contributed by atoms with E-state index in [-0.39, 0.29) is 10.4 Å². The van der Waals surface area contributed by atoms with E-state index in [4.69, 9.17) is 10.0 Å². The van der Waals surface area contributed by atoms with E-state index in [2.05, 4.69) is 4.98 Å². The lowest BCUT2D eigenvalue weighted by Gasteiger charge is -2.15. The number of hydrogen-bond acceptors (Lipinski definition) is 5. The first-order valence-electron chi connectivity index (χ1n) is 5.33. The lowest BCUT2D eigenvalue weighted by atomic mass is 9.82. The average molecular weight is 256 g/mol. The van der Waals surface area contributed by atoms with Crippen LogP contribution >= 0.6 is 0 Å². The van der Waals surface area contributed by atoms with Gasteiger partial charge < -0.3 is 10.0 Å². The van der Waals surface area contributed by atoms with Gasteiger partial charge in [-0.3, -0.25) is 4.98 Å². The summed E-state index contributed by atoms with van der Waals surface area (Å²) in [5.41, 5.74) is 0.0743. The molecule has 0 aromatic carbocycles. The summed E-state index contributed by atoms with van der Waals surface area (Å²) in [6.07, 6.45) is 4.16. The first-order valence-corrected chi connectivity index (χ1v) is 6.77. The Balaban J connectivity index is 2.35. The first kappa shape index (κ1) is 12.5. The van der Waals surface area contributed by atoms with Gasteiger partial charge in [-0.15, -0.1) is 0 Å². The van der Waals surface area contributed by atoms with Crippen LogP contribution in [0.25, 0.3) is 0 Å². The fourth-order valence-corrected chi connectivity index (χ4v) is 3.31. The summed E-state index contributed by atoms with van der Waals surface area (Å²) in [7, 11) is -5.26. The molecule has 1 aliphatic heterocycles. The molecule has 17 heavy (non-hydrogen) atoms. The van der Waals surface area contributed by atoms with Gasteiger partial charge in [0.15, 0.2) is 0 Å². The topological polar surface area (TPSA) is 90.7 Å². The van der Waals surface area contributed by atoms with Crippen LogP contribution in [0.2, 0.25) is 0 Å². The Morgan fingerprint density at radius 2 is 1.88 bits per heavy atom. The zero-order chi connectivity index (χ0) is 12.5. The number of nitrogens with zero attached hydrogens (tertiary/aromatic N) is 2. The fourth-order valence-electron chi connectivity index (χ4n) is 1.80. The molecule has 1 saturated heterocycles. The normalized spacial score (nSPS) is 17.3. The molecule has 8 heteroatoms. The van der Waals surface area contributed by atoms with Crippen LogP contribution in [0.4, 0.5) is 0 Å². The van der Waals surface area contributed by atoms with Crippen LogP contribution in [0.1, 0.15) is 12.8 Å². The van der Waals surface area contributed by atoms with Gasteiger partial charge in [0.1, 0.15) is 4.90 Å². The number of pyridine rings is 1. The van der Waals surface area contributed by atoms with E-state index >= 15 is 0 Å². The van der Waals surface area contributed by atoms with E-state index in [0.29, 0.717) is 13.1 Å². The molecule has 6 nitrogen and oxygen atoms in total. The minimum Gasteiger partial charge on any atom is -0.423 e. The summed E-state index contributed by atoms with van der Waals surface area (Å²) in [4.78, 5) is 3.72. The maximum absolute atomic E-state index is 12.1. The minimum atomic E-state index is -3.55. The van der Waals surface area contributed by atoms with Crippen LogP contribution in [-0.4, -0.2) is 48.0 Å². The lowest BCUT2D eigenvalue weighted by Crippen LogP contribution is -2.33. The van der Waals surface area contributed by atoms with Gasteiger partial charge in [0.25, 0.3) is 0 Å². The van der Waals surface area contributed by atoms with Crippen molar-refractivity contribution in [3.8, 4) is 0 Å². The number of hydrogen-bond donors (Lipinski definition) is 2. The first-order chi connectivity index (χ1) is 8.01. The number of rotatable bonds is 3. The van der Waals surface area contributed by atoms with Gasteiger partial charge in [0, 0.05) is 30.9 Å². The Bertz CT molecular complexity index is 499. The molecule has 0 aliphatic carbocycles.